The van der Waals surface area contributed by atoms with Crippen LogP contribution in [0.3, 0.4) is 0 Å². The van der Waals surface area contributed by atoms with Crippen molar-refractivity contribution in [3.05, 3.63) is 23.8 Å². The lowest BCUT2D eigenvalue weighted by molar-refractivity contribution is -0.116. The van der Waals surface area contributed by atoms with Gasteiger partial charge in [-0.3, -0.25) is 4.79 Å². The van der Waals surface area contributed by atoms with Crippen LogP contribution >= 0.6 is 27.7 Å². The maximum absolute atomic E-state index is 12.3. The van der Waals surface area contributed by atoms with Gasteiger partial charge in [-0.1, -0.05) is 22.0 Å². The van der Waals surface area contributed by atoms with Crippen molar-refractivity contribution < 1.29 is 31.5 Å². The molecule has 0 radical (unpaired) electrons. The molecule has 2 nitrogen and oxygen atoms in total. The smallest absolute Gasteiger partial charge is 0.434 e. The average molecular weight is 379 g/mol. The largest absolute Gasteiger partial charge is 0.446 e. The minimum atomic E-state index is -4.63. The van der Waals surface area contributed by atoms with Crippen molar-refractivity contribution in [1.82, 2.24) is 0 Å². The Morgan fingerprint density at radius 3 is 2.40 bits per heavy atom. The molecule has 112 valence electrons. The van der Waals surface area contributed by atoms with Gasteiger partial charge in [-0.2, -0.15) is 22.0 Å². The van der Waals surface area contributed by atoms with Gasteiger partial charge < -0.3 is 4.74 Å². The normalized spacial score (nSPS) is 13.4. The monoisotopic (exact) mass is 378 g/mol. The standard InChI is InChI=1S/C11H8BrF5O2S/c1-5(18)9(12)6-2-3-8(20-11(15,16)17)7(4-6)19-10(13)14/h2-4,9-10H,1H3. The van der Waals surface area contributed by atoms with Crippen LogP contribution in [-0.4, -0.2) is 17.9 Å². The fourth-order valence-corrected chi connectivity index (χ4v) is 2.19. The SMILES string of the molecule is CC(=O)C(Br)c1ccc(SC(F)(F)F)c(OC(F)F)c1. The Labute approximate surface area is 123 Å². The minimum Gasteiger partial charge on any atom is -0.434 e. The molecule has 0 aromatic heterocycles. The van der Waals surface area contributed by atoms with Crippen molar-refractivity contribution >= 4 is 33.5 Å². The van der Waals surface area contributed by atoms with Gasteiger partial charge in [0.2, 0.25) is 0 Å². The van der Waals surface area contributed by atoms with Crippen molar-refractivity contribution in [2.24, 2.45) is 0 Å². The molecule has 1 aromatic carbocycles. The first-order chi connectivity index (χ1) is 9.10. The van der Waals surface area contributed by atoms with E-state index >= 15 is 0 Å². The fourth-order valence-electron chi connectivity index (χ4n) is 1.31. The van der Waals surface area contributed by atoms with E-state index < -0.39 is 39.4 Å². The summed E-state index contributed by atoms with van der Waals surface area (Å²) in [7, 11) is 0. The molecule has 0 saturated carbocycles. The lowest BCUT2D eigenvalue weighted by Crippen LogP contribution is -2.07. The Kier molecular flexibility index (Phi) is 5.81. The molecule has 0 bridgehead atoms. The number of ketones is 1. The number of hydrogen-bond donors (Lipinski definition) is 0. The van der Waals surface area contributed by atoms with E-state index in [-0.39, 0.29) is 11.3 Å². The maximum atomic E-state index is 12.3. The van der Waals surface area contributed by atoms with Crippen LogP contribution in [-0.2, 0) is 4.79 Å². The summed E-state index contributed by atoms with van der Waals surface area (Å²) in [6.07, 6.45) is 0. The maximum Gasteiger partial charge on any atom is 0.446 e. The predicted octanol–water partition coefficient (Wildman–Crippen LogP) is 4.92. The molecule has 0 fully saturated rings. The Morgan fingerprint density at radius 2 is 1.95 bits per heavy atom. The minimum absolute atomic E-state index is 0.236. The van der Waals surface area contributed by atoms with Gasteiger partial charge in [-0.15, -0.1) is 0 Å². The molecule has 0 aliphatic rings. The Bertz CT molecular complexity index is 492. The molecule has 1 unspecified atom stereocenters. The van der Waals surface area contributed by atoms with Gasteiger partial charge >= 0.3 is 12.1 Å². The highest BCUT2D eigenvalue weighted by atomic mass is 79.9. The van der Waals surface area contributed by atoms with Crippen LogP contribution in [0.4, 0.5) is 22.0 Å². The Balaban J connectivity index is 3.15. The zero-order valence-electron chi connectivity index (χ0n) is 9.88. The number of hydrogen-bond acceptors (Lipinski definition) is 3. The van der Waals surface area contributed by atoms with Crippen LogP contribution in [0.5, 0.6) is 5.75 Å². The van der Waals surface area contributed by atoms with Crippen molar-refractivity contribution in [3.63, 3.8) is 0 Å². The second-order valence-electron chi connectivity index (χ2n) is 3.61. The first-order valence-corrected chi connectivity index (χ1v) is 6.82. The van der Waals surface area contributed by atoms with Crippen LogP contribution in [0, 0.1) is 0 Å². The number of benzene rings is 1. The molecule has 0 aliphatic heterocycles. The Morgan fingerprint density at radius 1 is 1.35 bits per heavy atom. The molecule has 0 amide bonds. The van der Waals surface area contributed by atoms with E-state index in [1.165, 1.54) is 13.0 Å². The number of halogens is 6. The zero-order chi connectivity index (χ0) is 15.5. The average Bonchev–Trinajstić information content (AvgIpc) is 2.27. The van der Waals surface area contributed by atoms with Crippen molar-refractivity contribution in [1.29, 1.82) is 0 Å². The van der Waals surface area contributed by atoms with Crippen molar-refractivity contribution in [3.8, 4) is 5.75 Å². The lowest BCUT2D eigenvalue weighted by Gasteiger charge is -2.14. The van der Waals surface area contributed by atoms with E-state index in [1.54, 1.807) is 0 Å². The molecule has 0 spiro atoms. The number of ether oxygens (including phenoxy) is 1. The predicted molar refractivity (Wildman–Crippen MR) is 67.3 cm³/mol. The summed E-state index contributed by atoms with van der Waals surface area (Å²) in [6.45, 7) is -2.00. The fraction of sp³-hybridized carbons (Fsp3) is 0.364. The van der Waals surface area contributed by atoms with E-state index in [0.717, 1.165) is 12.1 Å². The highest BCUT2D eigenvalue weighted by molar-refractivity contribution is 9.09. The molecule has 1 rings (SSSR count). The highest BCUT2D eigenvalue weighted by Gasteiger charge is 2.31. The van der Waals surface area contributed by atoms with Gasteiger partial charge in [0.15, 0.2) is 0 Å². The van der Waals surface area contributed by atoms with Crippen molar-refractivity contribution in [2.75, 3.05) is 0 Å². The highest BCUT2D eigenvalue weighted by Crippen LogP contribution is 2.43. The van der Waals surface area contributed by atoms with E-state index in [2.05, 4.69) is 20.7 Å². The summed E-state index contributed by atoms with van der Waals surface area (Å²) in [4.78, 5) is 9.88. The first-order valence-electron chi connectivity index (χ1n) is 5.09. The summed E-state index contributed by atoms with van der Waals surface area (Å²) in [5, 5.41) is 0. The van der Waals surface area contributed by atoms with E-state index in [9.17, 15) is 26.7 Å². The third kappa shape index (κ3) is 5.28. The van der Waals surface area contributed by atoms with Gasteiger partial charge in [0, 0.05) is 0 Å². The van der Waals surface area contributed by atoms with Crippen LogP contribution in [0.25, 0.3) is 0 Å². The Hall–Kier alpha value is -0.830. The van der Waals surface area contributed by atoms with E-state index in [4.69, 9.17) is 0 Å². The number of thioether (sulfide) groups is 1. The molecule has 0 N–H and O–H groups in total. The lowest BCUT2D eigenvalue weighted by atomic mass is 10.1. The molecular weight excluding hydrogens is 371 g/mol. The third-order valence-corrected chi connectivity index (χ3v) is 4.02. The van der Waals surface area contributed by atoms with Crippen LogP contribution in [0.15, 0.2) is 23.1 Å². The second kappa shape index (κ2) is 6.75. The topological polar surface area (TPSA) is 26.3 Å². The van der Waals surface area contributed by atoms with Gasteiger partial charge in [0.05, 0.1) is 9.72 Å². The number of carbonyl (C=O) groups is 1. The number of carbonyl (C=O) groups excluding carboxylic acids is 1. The van der Waals surface area contributed by atoms with Gasteiger partial charge in [0.1, 0.15) is 11.5 Å². The van der Waals surface area contributed by atoms with Crippen molar-refractivity contribution in [2.45, 2.75) is 28.8 Å². The van der Waals surface area contributed by atoms with Gasteiger partial charge in [-0.05, 0) is 36.4 Å². The number of Topliss-reactive ketones (excluding diaryl/α,β-unsaturated/α-hetero) is 1. The molecule has 1 aromatic rings. The molecular formula is C11H8BrF5O2S. The molecule has 9 heteroatoms. The van der Waals surface area contributed by atoms with Gasteiger partial charge in [-0.25, -0.2) is 0 Å². The van der Waals surface area contributed by atoms with E-state index in [1.807, 2.05) is 0 Å². The van der Waals surface area contributed by atoms with Crippen LogP contribution in [0.2, 0.25) is 0 Å². The third-order valence-electron chi connectivity index (χ3n) is 2.06. The molecule has 0 aliphatic carbocycles. The summed E-state index contributed by atoms with van der Waals surface area (Å²) in [5.74, 6) is -0.935. The summed E-state index contributed by atoms with van der Waals surface area (Å²) in [5.41, 5.74) is -4.39. The zero-order valence-corrected chi connectivity index (χ0v) is 12.3. The summed E-state index contributed by atoms with van der Waals surface area (Å²) in [6, 6.07) is 3.22. The summed E-state index contributed by atoms with van der Waals surface area (Å²) >= 11 is 2.45. The summed E-state index contributed by atoms with van der Waals surface area (Å²) < 4.78 is 65.5. The quantitative estimate of drug-likeness (QED) is 0.413. The van der Waals surface area contributed by atoms with E-state index in [0.29, 0.717) is 0 Å². The van der Waals surface area contributed by atoms with Gasteiger partial charge in [0.25, 0.3) is 0 Å². The molecule has 0 saturated heterocycles. The number of alkyl halides is 6. The molecule has 20 heavy (non-hydrogen) atoms. The number of rotatable bonds is 5. The second-order valence-corrected chi connectivity index (χ2v) is 5.63. The van der Waals surface area contributed by atoms with Crippen LogP contribution < -0.4 is 4.74 Å². The molecule has 1 atom stereocenters. The molecule has 0 heterocycles. The van der Waals surface area contributed by atoms with Crippen LogP contribution in [0.1, 0.15) is 17.3 Å². The first kappa shape index (κ1) is 17.2.